The molecule has 1 fully saturated rings. The minimum Gasteiger partial charge on any atom is -0.480 e. The average Bonchev–Trinajstić information content (AvgIpc) is 2.54. The van der Waals surface area contributed by atoms with Crippen LogP contribution in [0, 0.1) is 0 Å². The van der Waals surface area contributed by atoms with Gasteiger partial charge in [-0.1, -0.05) is 30.3 Å². The first kappa shape index (κ1) is 17.2. The number of hydrogen-bond acceptors (Lipinski definition) is 4. The Labute approximate surface area is 139 Å². The highest BCUT2D eigenvalue weighted by Crippen LogP contribution is 2.28. The van der Waals surface area contributed by atoms with Gasteiger partial charge >= 0.3 is 5.97 Å². The summed E-state index contributed by atoms with van der Waals surface area (Å²) in [6.07, 6.45) is 0.990. The number of hydrogen-bond donors (Lipinski definition) is 2. The molecule has 1 amide bonds. The molecular weight excluding hydrogens is 318 g/mol. The fourth-order valence-electron chi connectivity index (χ4n) is 2.32. The van der Waals surface area contributed by atoms with E-state index in [0.29, 0.717) is 12.8 Å². The van der Waals surface area contributed by atoms with Crippen LogP contribution in [-0.2, 0) is 15.3 Å². The Morgan fingerprint density at radius 3 is 2.55 bits per heavy atom. The number of carbonyl (C=O) groups is 2. The van der Waals surface area contributed by atoms with Gasteiger partial charge in [0.25, 0.3) is 0 Å². The topological polar surface area (TPSA) is 66.4 Å². The molecule has 1 aromatic carbocycles. The van der Waals surface area contributed by atoms with Crippen molar-refractivity contribution < 1.29 is 14.7 Å². The summed E-state index contributed by atoms with van der Waals surface area (Å²) in [5, 5.41) is 12.0. The molecule has 120 valence electrons. The number of carboxylic acid groups (broad SMARTS) is 1. The molecule has 0 spiro atoms. The van der Waals surface area contributed by atoms with Gasteiger partial charge in [0.1, 0.15) is 5.54 Å². The average molecular weight is 339 g/mol. The Morgan fingerprint density at radius 2 is 1.95 bits per heavy atom. The van der Waals surface area contributed by atoms with Crippen LogP contribution in [0.25, 0.3) is 0 Å². The maximum Gasteiger partial charge on any atom is 0.329 e. The van der Waals surface area contributed by atoms with Crippen molar-refractivity contribution in [2.45, 2.75) is 36.3 Å². The molecule has 2 N–H and O–H groups in total. The zero-order chi connectivity index (χ0) is 16.0. The SMILES string of the molecule is CC(SCc1ccccc1)C(=O)NC1(C(=O)O)CCSCC1. The summed E-state index contributed by atoms with van der Waals surface area (Å²) in [7, 11) is 0. The molecule has 2 rings (SSSR count). The number of amides is 1. The molecule has 0 aliphatic carbocycles. The third kappa shape index (κ3) is 4.43. The molecule has 1 unspecified atom stereocenters. The van der Waals surface area contributed by atoms with Crippen LogP contribution >= 0.6 is 23.5 Å². The Hall–Kier alpha value is -1.14. The smallest absolute Gasteiger partial charge is 0.329 e. The second-order valence-corrected chi connectivity index (χ2v) is 7.98. The van der Waals surface area contributed by atoms with Gasteiger partial charge in [-0.05, 0) is 36.8 Å². The van der Waals surface area contributed by atoms with Crippen LogP contribution in [0.3, 0.4) is 0 Å². The Balaban J connectivity index is 1.90. The van der Waals surface area contributed by atoms with Gasteiger partial charge in [-0.15, -0.1) is 11.8 Å². The standard InChI is InChI=1S/C16H21NO3S2/c1-12(22-11-13-5-3-2-4-6-13)14(18)17-16(15(19)20)7-9-21-10-8-16/h2-6,12H,7-11H2,1H3,(H,17,18)(H,19,20). The van der Waals surface area contributed by atoms with Crippen molar-refractivity contribution in [3.8, 4) is 0 Å². The van der Waals surface area contributed by atoms with Crippen molar-refractivity contribution in [1.29, 1.82) is 0 Å². The van der Waals surface area contributed by atoms with Crippen LogP contribution in [0.2, 0.25) is 0 Å². The Kier molecular flexibility index (Phi) is 6.20. The molecule has 1 aliphatic rings. The monoisotopic (exact) mass is 339 g/mol. The van der Waals surface area contributed by atoms with E-state index < -0.39 is 11.5 Å². The van der Waals surface area contributed by atoms with Crippen molar-refractivity contribution in [3.63, 3.8) is 0 Å². The van der Waals surface area contributed by atoms with E-state index in [1.807, 2.05) is 37.3 Å². The first-order valence-corrected chi connectivity index (χ1v) is 9.52. The maximum absolute atomic E-state index is 12.3. The molecular formula is C16H21NO3S2. The third-order valence-corrected chi connectivity index (χ3v) is 6.03. The van der Waals surface area contributed by atoms with Gasteiger partial charge in [-0.3, -0.25) is 4.79 Å². The molecule has 22 heavy (non-hydrogen) atoms. The minimum absolute atomic E-state index is 0.185. The number of carbonyl (C=O) groups excluding carboxylic acids is 1. The van der Waals surface area contributed by atoms with E-state index >= 15 is 0 Å². The molecule has 6 heteroatoms. The van der Waals surface area contributed by atoms with Crippen LogP contribution in [0.5, 0.6) is 0 Å². The minimum atomic E-state index is -1.08. The van der Waals surface area contributed by atoms with Gasteiger partial charge < -0.3 is 10.4 Å². The van der Waals surface area contributed by atoms with Crippen molar-refractivity contribution >= 4 is 35.4 Å². The Morgan fingerprint density at radius 1 is 1.32 bits per heavy atom. The first-order chi connectivity index (χ1) is 10.5. The highest BCUT2D eigenvalue weighted by atomic mass is 32.2. The summed E-state index contributed by atoms with van der Waals surface area (Å²) in [5.41, 5.74) is 0.0818. The van der Waals surface area contributed by atoms with E-state index in [0.717, 1.165) is 22.8 Å². The fraction of sp³-hybridized carbons (Fsp3) is 0.500. The summed E-state index contributed by atoms with van der Waals surface area (Å²) >= 11 is 3.26. The van der Waals surface area contributed by atoms with E-state index in [2.05, 4.69) is 5.32 Å². The summed E-state index contributed by atoms with van der Waals surface area (Å²) in [4.78, 5) is 23.9. The van der Waals surface area contributed by atoms with Crippen molar-refractivity contribution in [2.75, 3.05) is 11.5 Å². The lowest BCUT2D eigenvalue weighted by Gasteiger charge is -2.34. The fourth-order valence-corrected chi connectivity index (χ4v) is 4.36. The molecule has 1 atom stereocenters. The summed E-state index contributed by atoms with van der Waals surface area (Å²) in [5.74, 6) is 1.19. The molecule has 1 saturated heterocycles. The normalized spacial score (nSPS) is 18.4. The number of rotatable bonds is 6. The highest BCUT2D eigenvalue weighted by molar-refractivity contribution is 7.99. The van der Waals surface area contributed by atoms with Crippen LogP contribution < -0.4 is 5.32 Å². The summed E-state index contributed by atoms with van der Waals surface area (Å²) in [6.45, 7) is 1.83. The van der Waals surface area contributed by atoms with Gasteiger partial charge in [-0.25, -0.2) is 4.79 Å². The first-order valence-electron chi connectivity index (χ1n) is 7.32. The molecule has 4 nitrogen and oxygen atoms in total. The lowest BCUT2D eigenvalue weighted by molar-refractivity contribution is -0.148. The van der Waals surface area contributed by atoms with Gasteiger partial charge in [0.15, 0.2) is 0 Å². The molecule has 0 saturated carbocycles. The summed E-state index contributed by atoms with van der Waals surface area (Å²) in [6, 6.07) is 9.95. The van der Waals surface area contributed by atoms with E-state index in [-0.39, 0.29) is 11.2 Å². The van der Waals surface area contributed by atoms with Crippen LogP contribution in [0.4, 0.5) is 0 Å². The number of aliphatic carboxylic acids is 1. The molecule has 0 aromatic heterocycles. The van der Waals surface area contributed by atoms with Gasteiger partial charge in [0.2, 0.25) is 5.91 Å². The molecule has 0 bridgehead atoms. The van der Waals surface area contributed by atoms with E-state index in [1.165, 1.54) is 11.8 Å². The van der Waals surface area contributed by atoms with Gasteiger partial charge in [0, 0.05) is 5.75 Å². The predicted molar refractivity (Wildman–Crippen MR) is 92.3 cm³/mol. The van der Waals surface area contributed by atoms with E-state index in [1.54, 1.807) is 11.8 Å². The molecule has 1 aromatic rings. The maximum atomic E-state index is 12.3. The van der Waals surface area contributed by atoms with Crippen molar-refractivity contribution in [2.24, 2.45) is 0 Å². The second-order valence-electron chi connectivity index (χ2n) is 5.43. The van der Waals surface area contributed by atoms with Gasteiger partial charge in [-0.2, -0.15) is 11.8 Å². The predicted octanol–water partition coefficient (Wildman–Crippen LogP) is 2.77. The van der Waals surface area contributed by atoms with E-state index in [4.69, 9.17) is 0 Å². The van der Waals surface area contributed by atoms with E-state index in [9.17, 15) is 14.7 Å². The third-order valence-electron chi connectivity index (χ3n) is 3.83. The lowest BCUT2D eigenvalue weighted by Crippen LogP contribution is -2.58. The van der Waals surface area contributed by atoms with Crippen LogP contribution in [0.1, 0.15) is 25.3 Å². The van der Waals surface area contributed by atoms with Crippen LogP contribution in [0.15, 0.2) is 30.3 Å². The van der Waals surface area contributed by atoms with Crippen molar-refractivity contribution in [1.82, 2.24) is 5.32 Å². The number of thioether (sulfide) groups is 2. The van der Waals surface area contributed by atoms with Crippen LogP contribution in [-0.4, -0.2) is 39.3 Å². The number of nitrogens with one attached hydrogen (secondary N) is 1. The van der Waals surface area contributed by atoms with Crippen molar-refractivity contribution in [3.05, 3.63) is 35.9 Å². The zero-order valence-electron chi connectivity index (χ0n) is 12.6. The molecule has 0 radical (unpaired) electrons. The number of carboxylic acids is 1. The Bertz CT molecular complexity index is 515. The zero-order valence-corrected chi connectivity index (χ0v) is 14.2. The molecule has 1 aliphatic heterocycles. The molecule has 1 heterocycles. The second kappa shape index (κ2) is 7.92. The summed E-state index contributed by atoms with van der Waals surface area (Å²) < 4.78 is 0. The highest BCUT2D eigenvalue weighted by Gasteiger charge is 2.41. The largest absolute Gasteiger partial charge is 0.480 e. The number of benzene rings is 1. The quantitative estimate of drug-likeness (QED) is 0.834. The van der Waals surface area contributed by atoms with Gasteiger partial charge in [0.05, 0.1) is 5.25 Å². The lowest BCUT2D eigenvalue weighted by atomic mass is 9.92.